The topological polar surface area (TPSA) is 0 Å². The Balaban J connectivity index is 1.38. The second kappa shape index (κ2) is 8.59. The zero-order valence-corrected chi connectivity index (χ0v) is 20.9. The molecular weight excluding hydrogens is 436 g/mol. The van der Waals surface area contributed by atoms with E-state index in [1.54, 1.807) is 0 Å². The van der Waals surface area contributed by atoms with Crippen molar-refractivity contribution in [2.24, 2.45) is 0 Å². The first-order valence-electron chi connectivity index (χ1n) is 12.1. The lowest BCUT2D eigenvalue weighted by molar-refractivity contribution is 0.670. The average Bonchev–Trinajstić information content (AvgIpc) is 3.43. The van der Waals surface area contributed by atoms with Crippen LogP contribution in [0.4, 0.5) is 0 Å². The van der Waals surface area contributed by atoms with Gasteiger partial charge in [0.15, 0.2) is 0 Å². The van der Waals surface area contributed by atoms with Gasteiger partial charge in [0.1, 0.15) is 0 Å². The Morgan fingerprint density at radius 3 is 2.18 bits per heavy atom. The van der Waals surface area contributed by atoms with Crippen LogP contribution >= 0.6 is 22.7 Å². The van der Waals surface area contributed by atoms with Gasteiger partial charge in [-0.05, 0) is 89.3 Å². The third kappa shape index (κ3) is 3.96. The Bertz CT molecular complexity index is 1610. The Labute approximate surface area is 203 Å². The van der Waals surface area contributed by atoms with Crippen LogP contribution in [0.5, 0.6) is 0 Å². The van der Waals surface area contributed by atoms with E-state index < -0.39 is 0 Å². The van der Waals surface area contributed by atoms with Crippen LogP contribution in [0, 0.1) is 6.92 Å². The molecule has 6 aromatic rings. The predicted octanol–water partition coefficient (Wildman–Crippen LogP) is 10.5. The average molecular weight is 465 g/mol. The van der Waals surface area contributed by atoms with E-state index in [9.17, 15) is 0 Å². The second-order valence-corrected chi connectivity index (χ2v) is 11.5. The molecule has 0 saturated carbocycles. The van der Waals surface area contributed by atoms with Crippen LogP contribution in [0.2, 0.25) is 0 Å². The van der Waals surface area contributed by atoms with Crippen LogP contribution in [0.15, 0.2) is 72.8 Å². The third-order valence-electron chi connectivity index (χ3n) is 6.77. The van der Waals surface area contributed by atoms with Crippen molar-refractivity contribution in [2.45, 2.75) is 46.0 Å². The van der Waals surface area contributed by atoms with Gasteiger partial charge in [-0.25, -0.2) is 0 Å². The molecule has 2 heteroatoms. The predicted molar refractivity (Wildman–Crippen MR) is 150 cm³/mol. The number of rotatable bonds is 6. The number of fused-ring (bicyclic) bond motifs is 5. The smallest absolute Gasteiger partial charge is 0.0361 e. The Kier molecular flexibility index (Phi) is 5.44. The van der Waals surface area contributed by atoms with Crippen molar-refractivity contribution in [3.63, 3.8) is 0 Å². The van der Waals surface area contributed by atoms with Crippen molar-refractivity contribution in [3.8, 4) is 10.4 Å². The van der Waals surface area contributed by atoms with Crippen molar-refractivity contribution in [2.75, 3.05) is 0 Å². The highest BCUT2D eigenvalue weighted by molar-refractivity contribution is 7.26. The Morgan fingerprint density at radius 2 is 1.33 bits per heavy atom. The molecule has 2 heterocycles. The number of benzene rings is 4. The summed E-state index contributed by atoms with van der Waals surface area (Å²) >= 11 is 3.88. The molecule has 0 N–H and O–H groups in total. The minimum Gasteiger partial charge on any atom is -0.140 e. The van der Waals surface area contributed by atoms with Crippen molar-refractivity contribution >= 4 is 64.4 Å². The molecule has 0 bridgehead atoms. The lowest BCUT2D eigenvalue weighted by Crippen LogP contribution is -1.80. The van der Waals surface area contributed by atoms with Gasteiger partial charge in [-0.15, -0.1) is 22.7 Å². The zero-order valence-electron chi connectivity index (χ0n) is 19.3. The number of aryl methyl sites for hydroxylation is 2. The van der Waals surface area contributed by atoms with Crippen LogP contribution < -0.4 is 0 Å². The minimum atomic E-state index is 1.22. The molecule has 6 rings (SSSR count). The van der Waals surface area contributed by atoms with Gasteiger partial charge < -0.3 is 0 Å². The summed E-state index contributed by atoms with van der Waals surface area (Å²) in [4.78, 5) is 2.91. The van der Waals surface area contributed by atoms with Crippen molar-refractivity contribution in [1.82, 2.24) is 0 Å². The zero-order chi connectivity index (χ0) is 22.4. The van der Waals surface area contributed by atoms with Crippen LogP contribution in [-0.4, -0.2) is 0 Å². The molecule has 0 spiro atoms. The number of hydrogen-bond acceptors (Lipinski definition) is 2. The molecular formula is C31H28S2. The highest BCUT2D eigenvalue weighted by Crippen LogP contribution is 2.40. The van der Waals surface area contributed by atoms with Gasteiger partial charge in [0.05, 0.1) is 0 Å². The third-order valence-corrected chi connectivity index (χ3v) is 9.08. The van der Waals surface area contributed by atoms with E-state index >= 15 is 0 Å². The summed E-state index contributed by atoms with van der Waals surface area (Å²) in [5, 5.41) is 8.08. The summed E-state index contributed by atoms with van der Waals surface area (Å²) < 4.78 is 2.76. The molecule has 164 valence electrons. The maximum atomic E-state index is 2.40. The summed E-state index contributed by atoms with van der Waals surface area (Å²) in [6.07, 6.45) is 6.53. The van der Waals surface area contributed by atoms with E-state index in [0.717, 1.165) is 0 Å². The van der Waals surface area contributed by atoms with Gasteiger partial charge >= 0.3 is 0 Å². The summed E-state index contributed by atoms with van der Waals surface area (Å²) in [6.45, 7) is 4.45. The van der Waals surface area contributed by atoms with E-state index in [0.29, 0.717) is 0 Å². The highest BCUT2D eigenvalue weighted by Gasteiger charge is 2.10. The summed E-state index contributed by atoms with van der Waals surface area (Å²) in [5.74, 6) is 0. The van der Waals surface area contributed by atoms with Gasteiger partial charge in [0.2, 0.25) is 0 Å². The first kappa shape index (κ1) is 20.9. The van der Waals surface area contributed by atoms with Crippen molar-refractivity contribution in [1.29, 1.82) is 0 Å². The molecule has 2 aromatic heterocycles. The molecule has 33 heavy (non-hydrogen) atoms. The van der Waals surface area contributed by atoms with Gasteiger partial charge in [-0.3, -0.25) is 0 Å². The van der Waals surface area contributed by atoms with Crippen molar-refractivity contribution in [3.05, 3.63) is 83.2 Å². The number of thiophene rings is 2. The summed E-state index contributed by atoms with van der Waals surface area (Å²) in [5.41, 5.74) is 2.66. The van der Waals surface area contributed by atoms with Gasteiger partial charge in [0.25, 0.3) is 0 Å². The Morgan fingerprint density at radius 1 is 0.606 bits per heavy atom. The fourth-order valence-electron chi connectivity index (χ4n) is 4.93. The van der Waals surface area contributed by atoms with E-state index in [-0.39, 0.29) is 0 Å². The van der Waals surface area contributed by atoms with Crippen LogP contribution in [0.1, 0.15) is 43.0 Å². The normalized spacial score (nSPS) is 11.9. The molecule has 0 amide bonds. The lowest BCUT2D eigenvalue weighted by atomic mass is 10.0. The highest BCUT2D eigenvalue weighted by atomic mass is 32.1. The van der Waals surface area contributed by atoms with E-state index in [1.807, 2.05) is 22.7 Å². The van der Waals surface area contributed by atoms with Crippen LogP contribution in [0.3, 0.4) is 0 Å². The maximum Gasteiger partial charge on any atom is 0.0361 e. The molecule has 0 aliphatic carbocycles. The first-order valence-corrected chi connectivity index (χ1v) is 13.7. The molecule has 0 aliphatic rings. The monoisotopic (exact) mass is 464 g/mol. The fraction of sp³-hybridized carbons (Fsp3) is 0.226. The lowest BCUT2D eigenvalue weighted by Gasteiger charge is -2.04. The molecule has 0 unspecified atom stereocenters. The van der Waals surface area contributed by atoms with E-state index in [2.05, 4.69) is 86.6 Å². The molecule has 0 nitrogen and oxygen atoms in total. The minimum absolute atomic E-state index is 1.22. The van der Waals surface area contributed by atoms with Gasteiger partial charge in [-0.1, -0.05) is 62.1 Å². The van der Waals surface area contributed by atoms with Crippen LogP contribution in [-0.2, 0) is 6.42 Å². The van der Waals surface area contributed by atoms with E-state index in [1.165, 1.54) is 94.7 Å². The fourth-order valence-corrected chi connectivity index (χ4v) is 7.14. The molecule has 4 aromatic carbocycles. The molecule has 0 saturated heterocycles. The SMILES string of the molecule is CCCCCCc1ccc(-c2ccc3cc4c(cc3c2)sc2cc3ccc(C)cc3cc24)s1. The summed E-state index contributed by atoms with van der Waals surface area (Å²) in [7, 11) is 0. The quantitative estimate of drug-likeness (QED) is 0.215. The summed E-state index contributed by atoms with van der Waals surface area (Å²) in [6, 6.07) is 27.9. The van der Waals surface area contributed by atoms with E-state index in [4.69, 9.17) is 0 Å². The Hall–Kier alpha value is -2.68. The van der Waals surface area contributed by atoms with Gasteiger partial charge in [0, 0.05) is 29.9 Å². The molecule has 0 radical (unpaired) electrons. The molecule has 0 aliphatic heterocycles. The van der Waals surface area contributed by atoms with Gasteiger partial charge in [-0.2, -0.15) is 0 Å². The first-order chi connectivity index (χ1) is 16.2. The standard InChI is InChI=1S/C31H28S2/c1-3-4-5-6-7-26-12-13-29(32-26)23-11-10-21-16-27-28-17-24-14-20(2)8-9-22(24)18-30(28)33-31(27)19-25(21)15-23/h8-19H,3-7H2,1-2H3. The molecule has 0 fully saturated rings. The second-order valence-electron chi connectivity index (χ2n) is 9.29. The number of hydrogen-bond donors (Lipinski definition) is 0. The van der Waals surface area contributed by atoms with Crippen LogP contribution in [0.25, 0.3) is 52.2 Å². The maximum absolute atomic E-state index is 2.40. The largest absolute Gasteiger partial charge is 0.140 e. The molecule has 0 atom stereocenters. The van der Waals surface area contributed by atoms with Crippen molar-refractivity contribution < 1.29 is 0 Å². The number of unbranched alkanes of at least 4 members (excludes halogenated alkanes) is 3.